The van der Waals surface area contributed by atoms with Crippen LogP contribution in [0.15, 0.2) is 5.38 Å². The molecule has 0 radical (unpaired) electrons. The van der Waals surface area contributed by atoms with E-state index in [2.05, 4.69) is 0 Å². The van der Waals surface area contributed by atoms with E-state index in [1.807, 2.05) is 0 Å². The highest BCUT2D eigenvalue weighted by Crippen LogP contribution is 2.30. The molecule has 0 aliphatic rings. The highest BCUT2D eigenvalue weighted by Gasteiger charge is 2.11. The van der Waals surface area contributed by atoms with Crippen molar-refractivity contribution in [3.8, 4) is 0 Å². The maximum Gasteiger partial charge on any atom is 0.260 e. The van der Waals surface area contributed by atoms with Crippen LogP contribution in [0, 0.1) is 0 Å². The number of nitrogens with two attached hydrogens (primary N) is 1. The lowest BCUT2D eigenvalue weighted by Gasteiger charge is -1.87. The Hall–Kier alpha value is -0.250. The van der Waals surface area contributed by atoms with Crippen LogP contribution in [0.5, 0.6) is 0 Å². The number of carbonyl (C=O) groups excluding carboxylic acids is 1. The van der Waals surface area contributed by atoms with E-state index in [0.29, 0.717) is 9.90 Å². The number of halogens is 2. The first-order valence-electron chi connectivity index (χ1n) is 2.35. The van der Waals surface area contributed by atoms with Gasteiger partial charge in [-0.2, -0.15) is 0 Å². The van der Waals surface area contributed by atoms with E-state index in [1.54, 1.807) is 5.38 Å². The molecule has 54 valence electrons. The zero-order chi connectivity index (χ0) is 7.72. The van der Waals surface area contributed by atoms with Crippen LogP contribution >= 0.6 is 34.5 Å². The Morgan fingerprint density at radius 1 is 1.60 bits per heavy atom. The molecule has 2 nitrogen and oxygen atoms in total. The van der Waals surface area contributed by atoms with Crippen molar-refractivity contribution in [1.29, 1.82) is 0 Å². The zero-order valence-corrected chi connectivity index (χ0v) is 7.06. The summed E-state index contributed by atoms with van der Waals surface area (Å²) in [7, 11) is 0. The summed E-state index contributed by atoms with van der Waals surface area (Å²) < 4.78 is 0. The third-order valence-electron chi connectivity index (χ3n) is 0.913. The van der Waals surface area contributed by atoms with E-state index >= 15 is 0 Å². The molecule has 10 heavy (non-hydrogen) atoms. The summed E-state index contributed by atoms with van der Waals surface area (Å²) >= 11 is 12.3. The Bertz CT molecular complexity index is 271. The van der Waals surface area contributed by atoms with Gasteiger partial charge in [0.15, 0.2) is 0 Å². The first-order chi connectivity index (χ1) is 4.63. The van der Waals surface area contributed by atoms with E-state index in [0.717, 1.165) is 11.3 Å². The summed E-state index contributed by atoms with van der Waals surface area (Å²) in [5.74, 6) is -0.540. The SMILES string of the molecule is NC(=O)c1scc(Cl)c1Cl. The van der Waals surface area contributed by atoms with Crippen molar-refractivity contribution in [2.45, 2.75) is 0 Å². The number of hydrogen-bond acceptors (Lipinski definition) is 2. The molecule has 0 saturated carbocycles. The Morgan fingerprint density at radius 2 is 2.20 bits per heavy atom. The molecule has 0 spiro atoms. The van der Waals surface area contributed by atoms with Gasteiger partial charge in [-0.3, -0.25) is 4.79 Å². The van der Waals surface area contributed by atoms with Gasteiger partial charge in [-0.25, -0.2) is 0 Å². The van der Waals surface area contributed by atoms with E-state index in [1.165, 1.54) is 0 Å². The third kappa shape index (κ3) is 1.26. The van der Waals surface area contributed by atoms with Gasteiger partial charge < -0.3 is 5.73 Å². The topological polar surface area (TPSA) is 43.1 Å². The van der Waals surface area contributed by atoms with Gasteiger partial charge in [0, 0.05) is 5.38 Å². The van der Waals surface area contributed by atoms with E-state index in [-0.39, 0.29) is 5.02 Å². The Kier molecular flexibility index (Phi) is 2.18. The van der Waals surface area contributed by atoms with Gasteiger partial charge in [-0.05, 0) is 0 Å². The molecule has 1 rings (SSSR count). The number of amides is 1. The highest BCUT2D eigenvalue weighted by molar-refractivity contribution is 7.13. The lowest BCUT2D eigenvalue weighted by molar-refractivity contribution is 0.100. The van der Waals surface area contributed by atoms with Crippen LogP contribution < -0.4 is 5.73 Å². The van der Waals surface area contributed by atoms with Gasteiger partial charge in [-0.15, -0.1) is 11.3 Å². The molecule has 0 aromatic carbocycles. The molecule has 1 aromatic heterocycles. The summed E-state index contributed by atoms with van der Waals surface area (Å²) in [5.41, 5.74) is 4.96. The van der Waals surface area contributed by atoms with Gasteiger partial charge in [0.25, 0.3) is 5.91 Å². The van der Waals surface area contributed by atoms with Crippen molar-refractivity contribution in [3.63, 3.8) is 0 Å². The van der Waals surface area contributed by atoms with Crippen LogP contribution in [-0.4, -0.2) is 5.91 Å². The van der Waals surface area contributed by atoms with Crippen LogP contribution in [-0.2, 0) is 0 Å². The van der Waals surface area contributed by atoms with Crippen LogP contribution in [0.4, 0.5) is 0 Å². The fourth-order valence-electron chi connectivity index (χ4n) is 0.489. The Morgan fingerprint density at radius 3 is 2.40 bits per heavy atom. The molecular formula is C5H3Cl2NOS. The first kappa shape index (κ1) is 7.85. The van der Waals surface area contributed by atoms with Gasteiger partial charge in [0.1, 0.15) is 4.88 Å². The summed E-state index contributed by atoms with van der Waals surface area (Å²) in [5, 5.41) is 2.20. The lowest BCUT2D eigenvalue weighted by Crippen LogP contribution is -2.08. The summed E-state index contributed by atoms with van der Waals surface area (Å²) in [4.78, 5) is 10.8. The fourth-order valence-corrected chi connectivity index (χ4v) is 1.79. The average Bonchev–Trinajstić information content (AvgIpc) is 2.14. The Balaban J connectivity index is 3.17. The number of carbonyl (C=O) groups is 1. The first-order valence-corrected chi connectivity index (χ1v) is 3.98. The molecule has 0 unspecified atom stereocenters. The number of thiophene rings is 1. The van der Waals surface area contributed by atoms with E-state index in [4.69, 9.17) is 28.9 Å². The largest absolute Gasteiger partial charge is 0.365 e. The van der Waals surface area contributed by atoms with Gasteiger partial charge in [0.2, 0.25) is 0 Å². The summed E-state index contributed by atoms with van der Waals surface area (Å²) in [6.07, 6.45) is 0. The zero-order valence-electron chi connectivity index (χ0n) is 4.73. The molecule has 0 atom stereocenters. The van der Waals surface area contributed by atoms with Crippen molar-refractivity contribution in [2.24, 2.45) is 5.73 Å². The fraction of sp³-hybridized carbons (Fsp3) is 0. The van der Waals surface area contributed by atoms with Crippen molar-refractivity contribution in [1.82, 2.24) is 0 Å². The monoisotopic (exact) mass is 195 g/mol. The average molecular weight is 196 g/mol. The molecule has 1 amide bonds. The van der Waals surface area contributed by atoms with Crippen LogP contribution in [0.25, 0.3) is 0 Å². The molecule has 0 fully saturated rings. The normalized spacial score (nSPS) is 9.80. The molecule has 1 heterocycles. The molecule has 2 N–H and O–H groups in total. The molecule has 5 heteroatoms. The van der Waals surface area contributed by atoms with Crippen molar-refractivity contribution >= 4 is 40.4 Å². The van der Waals surface area contributed by atoms with E-state index < -0.39 is 5.91 Å². The maximum absolute atomic E-state index is 10.5. The molecule has 1 aromatic rings. The molecular weight excluding hydrogens is 193 g/mol. The van der Waals surface area contributed by atoms with Crippen LogP contribution in [0.3, 0.4) is 0 Å². The number of hydrogen-bond donors (Lipinski definition) is 1. The van der Waals surface area contributed by atoms with Crippen molar-refractivity contribution in [2.75, 3.05) is 0 Å². The van der Waals surface area contributed by atoms with Crippen LogP contribution in [0.1, 0.15) is 9.67 Å². The standard InChI is InChI=1S/C5H3Cl2NOS/c6-2-1-10-4(3(2)7)5(8)9/h1H,(H2,8,9). The van der Waals surface area contributed by atoms with Gasteiger partial charge in [0.05, 0.1) is 10.0 Å². The number of rotatable bonds is 1. The molecule has 0 saturated heterocycles. The molecule has 0 bridgehead atoms. The highest BCUT2D eigenvalue weighted by atomic mass is 35.5. The minimum atomic E-state index is -0.540. The second-order valence-corrected chi connectivity index (χ2v) is 3.26. The predicted octanol–water partition coefficient (Wildman–Crippen LogP) is 2.15. The quantitative estimate of drug-likeness (QED) is 0.734. The minimum Gasteiger partial charge on any atom is -0.365 e. The second-order valence-electron chi connectivity index (χ2n) is 1.59. The Labute approximate surface area is 71.5 Å². The van der Waals surface area contributed by atoms with Gasteiger partial charge >= 0.3 is 0 Å². The molecule has 0 aliphatic carbocycles. The second kappa shape index (κ2) is 2.78. The molecule has 0 aliphatic heterocycles. The summed E-state index contributed by atoms with van der Waals surface area (Å²) in [6, 6.07) is 0. The lowest BCUT2D eigenvalue weighted by atomic mass is 10.4. The van der Waals surface area contributed by atoms with E-state index in [9.17, 15) is 4.79 Å². The summed E-state index contributed by atoms with van der Waals surface area (Å²) in [6.45, 7) is 0. The smallest absolute Gasteiger partial charge is 0.260 e. The maximum atomic E-state index is 10.5. The van der Waals surface area contributed by atoms with Crippen molar-refractivity contribution < 1.29 is 4.79 Å². The van der Waals surface area contributed by atoms with Crippen molar-refractivity contribution in [3.05, 3.63) is 20.3 Å². The third-order valence-corrected chi connectivity index (χ3v) is 2.94. The minimum absolute atomic E-state index is 0.249. The van der Waals surface area contributed by atoms with Gasteiger partial charge in [-0.1, -0.05) is 23.2 Å². The number of primary amides is 1. The predicted molar refractivity (Wildman–Crippen MR) is 42.9 cm³/mol. The van der Waals surface area contributed by atoms with Crippen LogP contribution in [0.2, 0.25) is 10.0 Å².